The van der Waals surface area contributed by atoms with E-state index in [0.29, 0.717) is 34.5 Å². The third-order valence-corrected chi connectivity index (χ3v) is 5.73. The predicted molar refractivity (Wildman–Crippen MR) is 113 cm³/mol. The molecule has 4 aromatic rings. The number of carbonyl (C=O) groups is 1. The first kappa shape index (κ1) is 19.0. The fraction of sp³-hybridized carbons (Fsp3) is 0.143. The van der Waals surface area contributed by atoms with E-state index in [1.54, 1.807) is 24.3 Å². The van der Waals surface area contributed by atoms with E-state index in [4.69, 9.17) is 32.4 Å². The molecule has 0 N–H and O–H groups in total. The molecule has 0 radical (unpaired) electrons. The molecule has 0 amide bonds. The second-order valence-corrected chi connectivity index (χ2v) is 8.00. The van der Waals surface area contributed by atoms with E-state index in [-0.39, 0.29) is 0 Å². The van der Waals surface area contributed by atoms with E-state index < -0.39 is 0 Å². The molecule has 0 aliphatic rings. The normalized spacial score (nSPS) is 11.1. The van der Waals surface area contributed by atoms with Crippen LogP contribution in [0.2, 0.25) is 10.0 Å². The SMILES string of the molecule is Cc1oc(-c2cc(Cl)cc(Cl)c2)nc1CCOc1ccc(C=O)c2sccc12. The topological polar surface area (TPSA) is 52.3 Å². The Kier molecular flexibility index (Phi) is 5.40. The smallest absolute Gasteiger partial charge is 0.226 e. The van der Waals surface area contributed by atoms with Crippen LogP contribution in [0.3, 0.4) is 0 Å². The van der Waals surface area contributed by atoms with Crippen LogP contribution in [0, 0.1) is 6.92 Å². The number of rotatable bonds is 6. The molecule has 0 spiro atoms. The van der Waals surface area contributed by atoms with Gasteiger partial charge >= 0.3 is 0 Å². The van der Waals surface area contributed by atoms with Gasteiger partial charge in [-0.25, -0.2) is 4.98 Å². The highest BCUT2D eigenvalue weighted by atomic mass is 35.5. The molecule has 2 heterocycles. The summed E-state index contributed by atoms with van der Waals surface area (Å²) in [5, 5.41) is 3.96. The van der Waals surface area contributed by atoms with Crippen LogP contribution in [0.1, 0.15) is 21.8 Å². The quantitative estimate of drug-likeness (QED) is 0.322. The van der Waals surface area contributed by atoms with Crippen molar-refractivity contribution in [1.82, 2.24) is 4.98 Å². The largest absolute Gasteiger partial charge is 0.493 e. The fourth-order valence-electron chi connectivity index (χ4n) is 2.99. The van der Waals surface area contributed by atoms with Gasteiger partial charge in [-0.05, 0) is 48.7 Å². The Balaban J connectivity index is 1.50. The number of nitrogens with zero attached hydrogens (tertiary/aromatic N) is 1. The van der Waals surface area contributed by atoms with Crippen LogP contribution >= 0.6 is 34.5 Å². The number of hydrogen-bond acceptors (Lipinski definition) is 5. The molecular weight excluding hydrogens is 417 g/mol. The molecule has 142 valence electrons. The Bertz CT molecular complexity index is 1150. The third-order valence-electron chi connectivity index (χ3n) is 4.33. The van der Waals surface area contributed by atoms with Crippen molar-refractivity contribution in [3.05, 3.63) is 68.8 Å². The summed E-state index contributed by atoms with van der Waals surface area (Å²) in [5.41, 5.74) is 2.23. The van der Waals surface area contributed by atoms with Crippen molar-refractivity contribution in [3.63, 3.8) is 0 Å². The van der Waals surface area contributed by atoms with Crippen molar-refractivity contribution in [2.75, 3.05) is 6.61 Å². The molecule has 0 aliphatic heterocycles. The maximum Gasteiger partial charge on any atom is 0.226 e. The van der Waals surface area contributed by atoms with E-state index in [1.807, 2.05) is 24.4 Å². The van der Waals surface area contributed by atoms with Gasteiger partial charge in [0.15, 0.2) is 6.29 Å². The summed E-state index contributed by atoms with van der Waals surface area (Å²) < 4.78 is 12.7. The van der Waals surface area contributed by atoms with Crippen molar-refractivity contribution in [2.45, 2.75) is 13.3 Å². The standard InChI is InChI=1S/C21H15Cl2NO3S/c1-12-18(24-21(27-12)14-8-15(22)10-16(23)9-14)4-6-26-19-3-2-13(11-25)20-17(19)5-7-28-20/h2-3,5,7-11H,4,6H2,1H3. The molecular formula is C21H15Cl2NO3S. The number of aryl methyl sites for hydroxylation is 1. The number of ether oxygens (including phenoxy) is 1. The lowest BCUT2D eigenvalue weighted by atomic mass is 10.1. The molecule has 0 saturated carbocycles. The van der Waals surface area contributed by atoms with E-state index in [9.17, 15) is 4.79 Å². The van der Waals surface area contributed by atoms with Crippen molar-refractivity contribution in [1.29, 1.82) is 0 Å². The summed E-state index contributed by atoms with van der Waals surface area (Å²) in [5.74, 6) is 1.96. The molecule has 7 heteroatoms. The summed E-state index contributed by atoms with van der Waals surface area (Å²) in [4.78, 5) is 15.7. The van der Waals surface area contributed by atoms with Gasteiger partial charge < -0.3 is 9.15 Å². The number of halogens is 2. The molecule has 0 aliphatic carbocycles. The van der Waals surface area contributed by atoms with Crippen LogP contribution < -0.4 is 4.74 Å². The zero-order valence-corrected chi connectivity index (χ0v) is 17.2. The minimum Gasteiger partial charge on any atom is -0.493 e. The predicted octanol–water partition coefficient (Wildman–Crippen LogP) is 6.61. The Morgan fingerprint density at radius 2 is 1.96 bits per heavy atom. The molecule has 28 heavy (non-hydrogen) atoms. The van der Waals surface area contributed by atoms with Gasteiger partial charge in [0, 0.05) is 37.7 Å². The highest BCUT2D eigenvalue weighted by Crippen LogP contribution is 2.32. The van der Waals surface area contributed by atoms with E-state index >= 15 is 0 Å². The minimum absolute atomic E-state index is 0.439. The minimum atomic E-state index is 0.439. The van der Waals surface area contributed by atoms with Crippen LogP contribution in [0.25, 0.3) is 21.5 Å². The monoisotopic (exact) mass is 431 g/mol. The van der Waals surface area contributed by atoms with Crippen molar-refractivity contribution in [2.24, 2.45) is 0 Å². The zero-order valence-electron chi connectivity index (χ0n) is 14.9. The molecule has 4 rings (SSSR count). The van der Waals surface area contributed by atoms with Gasteiger partial charge in [0.05, 0.1) is 12.3 Å². The molecule has 4 nitrogen and oxygen atoms in total. The van der Waals surface area contributed by atoms with Crippen molar-refractivity contribution in [3.8, 4) is 17.2 Å². The Morgan fingerprint density at radius 3 is 2.71 bits per heavy atom. The number of benzene rings is 2. The Hall–Kier alpha value is -2.34. The highest BCUT2D eigenvalue weighted by molar-refractivity contribution is 7.17. The molecule has 0 unspecified atom stereocenters. The van der Waals surface area contributed by atoms with Gasteiger partial charge in [-0.1, -0.05) is 23.2 Å². The van der Waals surface area contributed by atoms with Crippen LogP contribution in [0.15, 0.2) is 46.2 Å². The Morgan fingerprint density at radius 1 is 1.18 bits per heavy atom. The van der Waals surface area contributed by atoms with Gasteiger partial charge in [0.1, 0.15) is 11.5 Å². The van der Waals surface area contributed by atoms with Gasteiger partial charge in [0.25, 0.3) is 0 Å². The van der Waals surface area contributed by atoms with Crippen molar-refractivity contribution >= 4 is 50.9 Å². The van der Waals surface area contributed by atoms with Gasteiger partial charge in [-0.15, -0.1) is 11.3 Å². The molecule has 0 fully saturated rings. The lowest BCUT2D eigenvalue weighted by Gasteiger charge is -2.07. The number of hydrogen-bond donors (Lipinski definition) is 0. The lowest BCUT2D eigenvalue weighted by molar-refractivity contribution is 0.112. The first-order valence-corrected chi connectivity index (χ1v) is 10.2. The summed E-state index contributed by atoms with van der Waals surface area (Å²) in [7, 11) is 0. The van der Waals surface area contributed by atoms with Crippen LogP contribution in [0.4, 0.5) is 0 Å². The zero-order chi connectivity index (χ0) is 19.7. The summed E-state index contributed by atoms with van der Waals surface area (Å²) in [6, 6.07) is 10.8. The highest BCUT2D eigenvalue weighted by Gasteiger charge is 2.14. The maximum absolute atomic E-state index is 11.2. The fourth-order valence-corrected chi connectivity index (χ4v) is 4.41. The average molecular weight is 432 g/mol. The van der Waals surface area contributed by atoms with E-state index in [0.717, 1.165) is 39.1 Å². The second kappa shape index (κ2) is 7.95. The molecule has 2 aromatic carbocycles. The number of aromatic nitrogens is 1. The van der Waals surface area contributed by atoms with Gasteiger partial charge in [-0.3, -0.25) is 4.79 Å². The number of aldehydes is 1. The van der Waals surface area contributed by atoms with Crippen LogP contribution in [-0.4, -0.2) is 17.9 Å². The first-order valence-electron chi connectivity index (χ1n) is 8.56. The third kappa shape index (κ3) is 3.78. The Labute approximate surface area is 175 Å². The number of oxazole rings is 1. The second-order valence-electron chi connectivity index (χ2n) is 6.21. The van der Waals surface area contributed by atoms with E-state index in [2.05, 4.69) is 4.98 Å². The molecule has 0 saturated heterocycles. The summed E-state index contributed by atoms with van der Waals surface area (Å²) in [6.07, 6.45) is 1.45. The number of carbonyl (C=O) groups excluding carboxylic acids is 1. The maximum atomic E-state index is 11.2. The number of fused-ring (bicyclic) bond motifs is 1. The van der Waals surface area contributed by atoms with Gasteiger partial charge in [0.2, 0.25) is 5.89 Å². The summed E-state index contributed by atoms with van der Waals surface area (Å²) in [6.45, 7) is 2.31. The molecule has 0 bridgehead atoms. The van der Waals surface area contributed by atoms with Crippen LogP contribution in [-0.2, 0) is 6.42 Å². The number of thiophene rings is 1. The molecule has 2 aromatic heterocycles. The first-order chi connectivity index (χ1) is 13.5. The summed E-state index contributed by atoms with van der Waals surface area (Å²) >= 11 is 13.7. The molecule has 0 atom stereocenters. The van der Waals surface area contributed by atoms with Crippen LogP contribution in [0.5, 0.6) is 5.75 Å². The lowest BCUT2D eigenvalue weighted by Crippen LogP contribution is -2.03. The van der Waals surface area contributed by atoms with E-state index in [1.165, 1.54) is 11.3 Å². The van der Waals surface area contributed by atoms with Gasteiger partial charge in [-0.2, -0.15) is 0 Å². The average Bonchev–Trinajstić information content (AvgIpc) is 3.28. The van der Waals surface area contributed by atoms with Crippen molar-refractivity contribution < 1.29 is 13.9 Å².